The topological polar surface area (TPSA) is 21.3 Å². The molecule has 226 valence electrons. The van der Waals surface area contributed by atoms with Crippen LogP contribution in [0, 0.1) is 0 Å². The van der Waals surface area contributed by atoms with Gasteiger partial charge in [0, 0.05) is 38.6 Å². The van der Waals surface area contributed by atoms with Gasteiger partial charge in [-0.05, 0) is 91.2 Å². The van der Waals surface area contributed by atoms with Gasteiger partial charge < -0.3 is 13.9 Å². The van der Waals surface area contributed by atoms with Gasteiger partial charge in [-0.3, -0.25) is 0 Å². The molecule has 0 atom stereocenters. The summed E-state index contributed by atoms with van der Waals surface area (Å²) in [6, 6.07) is 54.6. The fraction of sp³-hybridized carbons (Fsp3) is 0.0909. The molecule has 7 aromatic carbocycles. The first-order chi connectivity index (χ1) is 23.0. The second-order valence-corrected chi connectivity index (χ2v) is 13.4. The number of nitrogens with zero attached hydrogens (tertiary/aromatic N) is 2. The lowest BCUT2D eigenvalue weighted by Gasteiger charge is -2.29. The molecule has 0 fully saturated rings. The molecule has 3 heteroatoms. The molecule has 0 saturated carbocycles. The molecule has 2 heterocycles. The van der Waals surface area contributed by atoms with E-state index in [-0.39, 0.29) is 5.54 Å². The van der Waals surface area contributed by atoms with Gasteiger partial charge in [-0.15, -0.1) is 0 Å². The monoisotopic (exact) mass is 606 g/mol. The van der Waals surface area contributed by atoms with Crippen molar-refractivity contribution < 1.29 is 4.42 Å². The Morgan fingerprint density at radius 1 is 0.511 bits per heavy atom. The van der Waals surface area contributed by atoms with Gasteiger partial charge in [0.2, 0.25) is 0 Å². The first-order valence-electron chi connectivity index (χ1n) is 16.3. The third-order valence-electron chi connectivity index (χ3n) is 9.40. The van der Waals surface area contributed by atoms with Gasteiger partial charge in [0.1, 0.15) is 11.2 Å². The molecule has 9 aromatic rings. The standard InChI is InChI=1S/C44H34N2O/c1-44(2,3)46-38-20-11-9-18-34(38)35-25-24-31(28-40(35)46)45(39-21-13-23-42-43(39)36-19-10-12-22-41(36)47-42)32-26-30-16-7-8-17-33(30)37(27-32)29-14-5-4-6-15-29/h4-28H,1-3H3. The first-order valence-corrected chi connectivity index (χ1v) is 16.3. The Balaban J connectivity index is 1.40. The van der Waals surface area contributed by atoms with E-state index < -0.39 is 0 Å². The van der Waals surface area contributed by atoms with Gasteiger partial charge in [0.15, 0.2) is 0 Å². The zero-order valence-corrected chi connectivity index (χ0v) is 26.7. The summed E-state index contributed by atoms with van der Waals surface area (Å²) in [5.41, 5.74) is 9.79. The van der Waals surface area contributed by atoms with Crippen molar-refractivity contribution in [1.29, 1.82) is 0 Å². The fourth-order valence-electron chi connectivity index (χ4n) is 7.47. The summed E-state index contributed by atoms with van der Waals surface area (Å²) in [7, 11) is 0. The third-order valence-corrected chi connectivity index (χ3v) is 9.40. The predicted molar refractivity (Wildman–Crippen MR) is 199 cm³/mol. The number of furan rings is 1. The van der Waals surface area contributed by atoms with Crippen molar-refractivity contribution in [2.24, 2.45) is 0 Å². The van der Waals surface area contributed by atoms with Crippen molar-refractivity contribution in [2.75, 3.05) is 4.90 Å². The number of para-hydroxylation sites is 2. The Hall–Kier alpha value is -5.80. The predicted octanol–water partition coefficient (Wildman–Crippen LogP) is 12.7. The number of fused-ring (bicyclic) bond motifs is 7. The summed E-state index contributed by atoms with van der Waals surface area (Å²) in [6.45, 7) is 6.87. The maximum atomic E-state index is 6.42. The van der Waals surface area contributed by atoms with Crippen LogP contribution in [0.25, 0.3) is 65.6 Å². The number of hydrogen-bond acceptors (Lipinski definition) is 2. The smallest absolute Gasteiger partial charge is 0.137 e. The average molecular weight is 607 g/mol. The lowest BCUT2D eigenvalue weighted by atomic mass is 9.96. The number of hydrogen-bond donors (Lipinski definition) is 0. The zero-order chi connectivity index (χ0) is 31.7. The summed E-state index contributed by atoms with van der Waals surface area (Å²) in [4.78, 5) is 2.42. The van der Waals surface area contributed by atoms with Crippen LogP contribution in [0.4, 0.5) is 17.1 Å². The van der Waals surface area contributed by atoms with Crippen molar-refractivity contribution in [2.45, 2.75) is 26.3 Å². The minimum atomic E-state index is -0.116. The van der Waals surface area contributed by atoms with Crippen molar-refractivity contribution in [3.05, 3.63) is 152 Å². The Labute approximate surface area is 273 Å². The van der Waals surface area contributed by atoms with Crippen LogP contribution >= 0.6 is 0 Å². The van der Waals surface area contributed by atoms with E-state index in [1.165, 1.54) is 43.7 Å². The molecule has 47 heavy (non-hydrogen) atoms. The van der Waals surface area contributed by atoms with Gasteiger partial charge in [-0.2, -0.15) is 0 Å². The van der Waals surface area contributed by atoms with Gasteiger partial charge >= 0.3 is 0 Å². The molecule has 3 nitrogen and oxygen atoms in total. The molecule has 0 radical (unpaired) electrons. The van der Waals surface area contributed by atoms with Crippen LogP contribution in [-0.4, -0.2) is 4.57 Å². The molecule has 0 amide bonds. The summed E-state index contributed by atoms with van der Waals surface area (Å²) in [6.07, 6.45) is 0. The maximum absolute atomic E-state index is 6.42. The van der Waals surface area contributed by atoms with Crippen LogP contribution in [0.5, 0.6) is 0 Å². The lowest BCUT2D eigenvalue weighted by molar-refractivity contribution is 0.423. The second kappa shape index (κ2) is 10.4. The van der Waals surface area contributed by atoms with Crippen molar-refractivity contribution in [3.8, 4) is 11.1 Å². The normalized spacial score (nSPS) is 12.1. The summed E-state index contributed by atoms with van der Waals surface area (Å²) in [5, 5.41) is 7.18. The lowest BCUT2D eigenvalue weighted by Crippen LogP contribution is -2.21. The quantitative estimate of drug-likeness (QED) is 0.199. The van der Waals surface area contributed by atoms with E-state index in [0.29, 0.717) is 0 Å². The number of rotatable bonds is 4. The molecular weight excluding hydrogens is 572 g/mol. The number of benzene rings is 7. The van der Waals surface area contributed by atoms with E-state index in [9.17, 15) is 0 Å². The molecule has 2 aromatic heterocycles. The minimum absolute atomic E-state index is 0.116. The Morgan fingerprint density at radius 3 is 2.02 bits per heavy atom. The van der Waals surface area contributed by atoms with Crippen LogP contribution < -0.4 is 4.90 Å². The third kappa shape index (κ3) is 4.34. The van der Waals surface area contributed by atoms with Crippen LogP contribution in [-0.2, 0) is 5.54 Å². The zero-order valence-electron chi connectivity index (χ0n) is 26.7. The van der Waals surface area contributed by atoms with Gasteiger partial charge in [0.25, 0.3) is 0 Å². The minimum Gasteiger partial charge on any atom is -0.456 e. The van der Waals surface area contributed by atoms with Crippen LogP contribution in [0.15, 0.2) is 156 Å². The molecule has 0 bridgehead atoms. The molecule has 0 aliphatic heterocycles. The summed E-state index contributed by atoms with van der Waals surface area (Å²) < 4.78 is 8.91. The van der Waals surface area contributed by atoms with Crippen LogP contribution in [0.2, 0.25) is 0 Å². The molecule has 0 unspecified atom stereocenters. The van der Waals surface area contributed by atoms with Gasteiger partial charge in [-0.25, -0.2) is 0 Å². The molecule has 0 saturated heterocycles. The van der Waals surface area contributed by atoms with Crippen LogP contribution in [0.1, 0.15) is 20.8 Å². The Bertz CT molecular complexity index is 2620. The van der Waals surface area contributed by atoms with E-state index in [1.54, 1.807) is 0 Å². The first kappa shape index (κ1) is 27.5. The van der Waals surface area contributed by atoms with Gasteiger partial charge in [-0.1, -0.05) is 103 Å². The van der Waals surface area contributed by atoms with Crippen LogP contribution in [0.3, 0.4) is 0 Å². The van der Waals surface area contributed by atoms with E-state index in [0.717, 1.165) is 39.0 Å². The molecule has 0 aliphatic carbocycles. The Morgan fingerprint density at radius 2 is 1.19 bits per heavy atom. The molecule has 0 aliphatic rings. The highest BCUT2D eigenvalue weighted by Gasteiger charge is 2.24. The fourth-order valence-corrected chi connectivity index (χ4v) is 7.47. The van der Waals surface area contributed by atoms with Gasteiger partial charge in [0.05, 0.1) is 16.6 Å². The highest BCUT2D eigenvalue weighted by atomic mass is 16.3. The van der Waals surface area contributed by atoms with E-state index >= 15 is 0 Å². The Kier molecular flexibility index (Phi) is 6.07. The molecule has 9 rings (SSSR count). The summed E-state index contributed by atoms with van der Waals surface area (Å²) in [5.74, 6) is 0. The molecule has 0 N–H and O–H groups in total. The van der Waals surface area contributed by atoms with Crippen molar-refractivity contribution >= 4 is 71.6 Å². The largest absolute Gasteiger partial charge is 0.456 e. The van der Waals surface area contributed by atoms with Crippen molar-refractivity contribution in [3.63, 3.8) is 0 Å². The highest BCUT2D eigenvalue weighted by Crippen LogP contribution is 2.46. The van der Waals surface area contributed by atoms with E-state index in [2.05, 4.69) is 176 Å². The number of aromatic nitrogens is 1. The maximum Gasteiger partial charge on any atom is 0.137 e. The van der Waals surface area contributed by atoms with E-state index in [1.807, 2.05) is 6.07 Å². The average Bonchev–Trinajstić information content (AvgIpc) is 3.64. The SMILES string of the molecule is CC(C)(C)n1c2ccccc2c2ccc(N(c3cc(-c4ccccc4)c4ccccc4c3)c3cccc4oc5ccccc5c34)cc21. The molecular formula is C44H34N2O. The van der Waals surface area contributed by atoms with E-state index in [4.69, 9.17) is 4.42 Å². The second-order valence-electron chi connectivity index (χ2n) is 13.4. The summed E-state index contributed by atoms with van der Waals surface area (Å²) >= 11 is 0. The van der Waals surface area contributed by atoms with Crippen molar-refractivity contribution in [1.82, 2.24) is 4.57 Å². The number of anilines is 3. The molecule has 0 spiro atoms. The highest BCUT2D eigenvalue weighted by molar-refractivity contribution is 6.15.